The lowest BCUT2D eigenvalue weighted by Crippen LogP contribution is -2.55. The van der Waals surface area contributed by atoms with Gasteiger partial charge in [-0.15, -0.1) is 0 Å². The van der Waals surface area contributed by atoms with Crippen LogP contribution in [-0.4, -0.2) is 123 Å². The number of rotatable bonds is 24. The summed E-state index contributed by atoms with van der Waals surface area (Å²) in [7, 11) is 0. The van der Waals surface area contributed by atoms with Gasteiger partial charge < -0.3 is 46.5 Å². The van der Waals surface area contributed by atoms with Gasteiger partial charge in [-0.1, -0.05) is 48.5 Å². The van der Waals surface area contributed by atoms with Gasteiger partial charge in [0.25, 0.3) is 0 Å². The van der Waals surface area contributed by atoms with Gasteiger partial charge in [-0.2, -0.15) is 0 Å². The zero-order valence-corrected chi connectivity index (χ0v) is 35.0. The number of aliphatic hydroxyl groups excluding tert-OH is 1. The molecule has 17 nitrogen and oxygen atoms in total. The van der Waals surface area contributed by atoms with E-state index in [0.29, 0.717) is 31.2 Å². The van der Waals surface area contributed by atoms with Gasteiger partial charge >= 0.3 is 0 Å². The molecular weight excluding hydrogens is 787 g/mol. The van der Waals surface area contributed by atoms with E-state index in [-0.39, 0.29) is 44.6 Å². The zero-order chi connectivity index (χ0) is 44.3. The van der Waals surface area contributed by atoms with Crippen LogP contribution in [0.15, 0.2) is 65.7 Å². The third-order valence-electron chi connectivity index (χ3n) is 9.89. The number of aliphatic hydroxyl groups is 1. The van der Waals surface area contributed by atoms with E-state index in [1.165, 1.54) is 6.92 Å². The highest BCUT2D eigenvalue weighted by atomic mass is 16.5. The number of nitrogens with two attached hydrogens (primary N) is 1. The van der Waals surface area contributed by atoms with Gasteiger partial charge in [-0.05, 0) is 56.2 Å². The number of carbonyl (C=O) groups excluding carboxylic acids is 7. The van der Waals surface area contributed by atoms with E-state index in [4.69, 9.17) is 15.2 Å². The average Bonchev–Trinajstić information content (AvgIpc) is 3.24. The quantitative estimate of drug-likeness (QED) is 0.0429. The number of ketones is 3. The van der Waals surface area contributed by atoms with Crippen molar-refractivity contribution in [1.29, 1.82) is 0 Å². The van der Waals surface area contributed by atoms with Crippen LogP contribution in [0.2, 0.25) is 0 Å². The molecule has 0 spiro atoms. The highest BCUT2D eigenvalue weighted by Gasteiger charge is 2.27. The van der Waals surface area contributed by atoms with Crippen LogP contribution in [-0.2, 0) is 38.3 Å². The standard InChI is InChI=1S/C44H57N7O10/c1-28(53)23-38(44(59)50-39(27-52)29(2)54)49-42(57)26-47-43(58)37(13-8-17-46-30(3)45)48-41(56)15-14-33(55)16-20-61-40-25-32(51-18-21-60-22-19-51)24-36-34(11-7-12-35(36)40)31-9-5-4-6-10-31/h4-7,9-12,24-25,37-39,52H,8,13-23,26-27H2,1-3H3,(H2,45,46)(H,47,58)(H,48,56)(H,49,57)(H,50,59). The van der Waals surface area contributed by atoms with Crippen LogP contribution in [0.4, 0.5) is 5.69 Å². The summed E-state index contributed by atoms with van der Waals surface area (Å²) in [6.45, 7) is 5.76. The van der Waals surface area contributed by atoms with Gasteiger partial charge in [-0.3, -0.25) is 38.6 Å². The van der Waals surface area contributed by atoms with Crippen molar-refractivity contribution in [3.63, 3.8) is 0 Å². The minimum absolute atomic E-state index is 0.0441. The Hall–Kier alpha value is -6.20. The molecule has 61 heavy (non-hydrogen) atoms. The third-order valence-corrected chi connectivity index (χ3v) is 9.89. The number of anilines is 1. The summed E-state index contributed by atoms with van der Waals surface area (Å²) in [6, 6.07) is 16.6. The summed E-state index contributed by atoms with van der Waals surface area (Å²) in [5.41, 5.74) is 8.74. The summed E-state index contributed by atoms with van der Waals surface area (Å²) in [5, 5.41) is 21.0. The maximum Gasteiger partial charge on any atom is 0.243 e. The number of hydrogen-bond donors (Lipinski definition) is 6. The zero-order valence-electron chi connectivity index (χ0n) is 35.0. The van der Waals surface area contributed by atoms with E-state index in [1.54, 1.807) is 6.92 Å². The second-order valence-corrected chi connectivity index (χ2v) is 14.8. The van der Waals surface area contributed by atoms with Crippen molar-refractivity contribution in [2.24, 2.45) is 10.7 Å². The predicted octanol–water partition coefficient (Wildman–Crippen LogP) is 1.75. The number of benzene rings is 3. The minimum atomic E-state index is -1.38. The lowest BCUT2D eigenvalue weighted by Gasteiger charge is -2.29. The lowest BCUT2D eigenvalue weighted by molar-refractivity contribution is -0.134. The van der Waals surface area contributed by atoms with E-state index in [1.807, 2.05) is 36.4 Å². The summed E-state index contributed by atoms with van der Waals surface area (Å²) in [5.74, 6) is -3.14. The first kappa shape index (κ1) is 47.5. The van der Waals surface area contributed by atoms with E-state index in [0.717, 1.165) is 47.6 Å². The molecule has 3 atom stereocenters. The fraction of sp³-hybridized carbons (Fsp3) is 0.455. The van der Waals surface area contributed by atoms with Crippen LogP contribution in [0.1, 0.15) is 59.3 Å². The summed E-state index contributed by atoms with van der Waals surface area (Å²) >= 11 is 0. The van der Waals surface area contributed by atoms with Crippen LogP contribution in [0.25, 0.3) is 21.9 Å². The Bertz CT molecular complexity index is 2050. The molecule has 1 heterocycles. The van der Waals surface area contributed by atoms with Gasteiger partial charge in [0.05, 0.1) is 38.8 Å². The average molecular weight is 844 g/mol. The normalized spacial score (nSPS) is 14.3. The number of hydrogen-bond acceptors (Lipinski definition) is 12. The van der Waals surface area contributed by atoms with Gasteiger partial charge in [0.15, 0.2) is 5.78 Å². The van der Waals surface area contributed by atoms with Crippen molar-refractivity contribution in [2.75, 3.05) is 57.5 Å². The molecule has 1 aliphatic rings. The molecule has 0 bridgehead atoms. The van der Waals surface area contributed by atoms with E-state index in [2.05, 4.69) is 55.4 Å². The first-order valence-electron chi connectivity index (χ1n) is 20.4. The lowest BCUT2D eigenvalue weighted by atomic mass is 9.97. The molecule has 4 amide bonds. The molecule has 1 saturated heterocycles. The summed E-state index contributed by atoms with van der Waals surface area (Å²) < 4.78 is 11.8. The van der Waals surface area contributed by atoms with Crippen LogP contribution in [0.3, 0.4) is 0 Å². The first-order chi connectivity index (χ1) is 29.2. The summed E-state index contributed by atoms with van der Waals surface area (Å²) in [4.78, 5) is 94.7. The largest absolute Gasteiger partial charge is 0.492 e. The van der Waals surface area contributed by atoms with Crippen molar-refractivity contribution in [1.82, 2.24) is 21.3 Å². The first-order valence-corrected chi connectivity index (χ1v) is 20.4. The number of carbonyl (C=O) groups is 7. The van der Waals surface area contributed by atoms with E-state index < -0.39 is 72.9 Å². The Morgan fingerprint density at radius 3 is 2.21 bits per heavy atom. The summed E-state index contributed by atoms with van der Waals surface area (Å²) in [6.07, 6.45) is -0.175. The third kappa shape index (κ3) is 15.4. The van der Waals surface area contributed by atoms with Crippen molar-refractivity contribution < 1.29 is 48.1 Å². The molecule has 1 fully saturated rings. The maximum absolute atomic E-state index is 13.2. The van der Waals surface area contributed by atoms with Crippen LogP contribution in [0.5, 0.6) is 5.75 Å². The highest BCUT2D eigenvalue weighted by molar-refractivity contribution is 6.02. The fourth-order valence-electron chi connectivity index (χ4n) is 6.65. The maximum atomic E-state index is 13.2. The van der Waals surface area contributed by atoms with Crippen LogP contribution < -0.4 is 36.6 Å². The molecule has 1 aliphatic heterocycles. The second kappa shape index (κ2) is 24.2. The highest BCUT2D eigenvalue weighted by Crippen LogP contribution is 2.38. The number of nitrogens with zero attached hydrogens (tertiary/aromatic N) is 2. The van der Waals surface area contributed by atoms with Gasteiger partial charge in [0.2, 0.25) is 23.6 Å². The fourth-order valence-corrected chi connectivity index (χ4v) is 6.65. The molecular formula is C44H57N7O10. The number of amides is 4. The number of ether oxygens (including phenoxy) is 2. The number of morpholine rings is 1. The molecule has 3 aromatic rings. The number of fused-ring (bicyclic) bond motifs is 1. The van der Waals surface area contributed by atoms with E-state index in [9.17, 15) is 38.7 Å². The Balaban J connectivity index is 1.34. The molecule has 17 heteroatoms. The van der Waals surface area contributed by atoms with Gasteiger partial charge in [0, 0.05) is 62.5 Å². The van der Waals surface area contributed by atoms with E-state index >= 15 is 0 Å². The van der Waals surface area contributed by atoms with Crippen LogP contribution >= 0.6 is 0 Å². The van der Waals surface area contributed by atoms with Gasteiger partial charge in [-0.25, -0.2) is 0 Å². The molecule has 0 saturated carbocycles. The number of Topliss-reactive ketones (excluding diaryl/α,β-unsaturated/α-hetero) is 3. The van der Waals surface area contributed by atoms with Crippen molar-refractivity contribution in [3.05, 3.63) is 60.7 Å². The Morgan fingerprint density at radius 2 is 1.54 bits per heavy atom. The molecule has 3 unspecified atom stereocenters. The molecule has 7 N–H and O–H groups in total. The molecule has 3 aromatic carbocycles. The number of aliphatic imine (C=N–C) groups is 1. The molecule has 0 aromatic heterocycles. The Labute approximate surface area is 355 Å². The number of amidine groups is 1. The molecule has 0 aliphatic carbocycles. The molecule has 328 valence electrons. The van der Waals surface area contributed by atoms with Crippen LogP contribution in [0, 0.1) is 0 Å². The monoisotopic (exact) mass is 843 g/mol. The second-order valence-electron chi connectivity index (χ2n) is 14.8. The van der Waals surface area contributed by atoms with Gasteiger partial charge in [0.1, 0.15) is 35.4 Å². The molecule has 0 radical (unpaired) electrons. The van der Waals surface area contributed by atoms with Crippen molar-refractivity contribution >= 4 is 63.3 Å². The number of nitrogens with one attached hydrogen (secondary N) is 4. The topological polar surface area (TPSA) is 248 Å². The SMILES string of the molecule is CC(=O)CC(NC(=O)CNC(=O)C(CCCN=C(C)N)NC(=O)CCC(=O)CCOc1cc(N2CCOCC2)cc2c(-c3ccccc3)cccc12)C(=O)NC(CO)C(C)=O. The Kier molecular flexibility index (Phi) is 18.8. The molecule has 4 rings (SSSR count). The minimum Gasteiger partial charge on any atom is -0.492 e. The Morgan fingerprint density at radius 1 is 0.820 bits per heavy atom. The smallest absolute Gasteiger partial charge is 0.243 e. The predicted molar refractivity (Wildman–Crippen MR) is 230 cm³/mol. The van der Waals surface area contributed by atoms with Crippen molar-refractivity contribution in [2.45, 2.75) is 77.4 Å². The van der Waals surface area contributed by atoms with Crippen molar-refractivity contribution in [3.8, 4) is 16.9 Å².